The van der Waals surface area contributed by atoms with Crippen LogP contribution in [0.1, 0.15) is 31.7 Å². The summed E-state index contributed by atoms with van der Waals surface area (Å²) in [7, 11) is 0. The van der Waals surface area contributed by atoms with Crippen LogP contribution in [0.2, 0.25) is 0 Å². The molecule has 0 aliphatic carbocycles. The molecule has 3 rings (SSSR count). The number of rotatable bonds is 4. The van der Waals surface area contributed by atoms with E-state index in [1.807, 2.05) is 19.1 Å². The summed E-state index contributed by atoms with van der Waals surface area (Å²) in [5.41, 5.74) is 6.72. The summed E-state index contributed by atoms with van der Waals surface area (Å²) >= 11 is 0. The fourth-order valence-corrected chi connectivity index (χ4v) is 2.39. The second-order valence-corrected chi connectivity index (χ2v) is 4.99. The average molecular weight is 285 g/mol. The van der Waals surface area contributed by atoms with Gasteiger partial charge in [0.25, 0.3) is 0 Å². The molecule has 0 amide bonds. The van der Waals surface area contributed by atoms with Gasteiger partial charge in [0.2, 0.25) is 11.7 Å². The fraction of sp³-hybridized carbons (Fsp3) is 0.250. The Balaban J connectivity index is 2.07. The van der Waals surface area contributed by atoms with Gasteiger partial charge in [-0.25, -0.2) is 4.39 Å². The van der Waals surface area contributed by atoms with E-state index in [0.717, 1.165) is 23.8 Å². The Morgan fingerprint density at radius 1 is 1.19 bits per heavy atom. The SMILES string of the molecule is CCC[C@@H](N)c1nc(-c2ccc(F)c3ccccc23)no1. The zero-order valence-corrected chi connectivity index (χ0v) is 11.7. The van der Waals surface area contributed by atoms with Gasteiger partial charge in [-0.2, -0.15) is 4.98 Å². The summed E-state index contributed by atoms with van der Waals surface area (Å²) in [6.45, 7) is 2.05. The molecule has 21 heavy (non-hydrogen) atoms. The first-order valence-corrected chi connectivity index (χ1v) is 6.97. The molecule has 108 valence electrons. The van der Waals surface area contributed by atoms with Crippen molar-refractivity contribution < 1.29 is 8.91 Å². The van der Waals surface area contributed by atoms with E-state index in [4.69, 9.17) is 10.3 Å². The fourth-order valence-electron chi connectivity index (χ4n) is 2.39. The van der Waals surface area contributed by atoms with Crippen LogP contribution in [0.15, 0.2) is 40.9 Å². The summed E-state index contributed by atoms with van der Waals surface area (Å²) in [4.78, 5) is 4.35. The summed E-state index contributed by atoms with van der Waals surface area (Å²) in [5.74, 6) is 0.591. The molecule has 1 heterocycles. The van der Waals surface area contributed by atoms with Crippen LogP contribution >= 0.6 is 0 Å². The molecule has 0 fully saturated rings. The Morgan fingerprint density at radius 3 is 2.71 bits per heavy atom. The highest BCUT2D eigenvalue weighted by atomic mass is 19.1. The summed E-state index contributed by atoms with van der Waals surface area (Å²) < 4.78 is 19.1. The van der Waals surface area contributed by atoms with Crippen molar-refractivity contribution in [1.29, 1.82) is 0 Å². The van der Waals surface area contributed by atoms with Crippen LogP contribution in [-0.2, 0) is 0 Å². The smallest absolute Gasteiger partial charge is 0.243 e. The third-order valence-electron chi connectivity index (χ3n) is 3.47. The molecule has 0 bridgehead atoms. The standard InChI is InChI=1S/C16H16FN3O/c1-2-5-14(18)16-19-15(20-21-16)12-8-9-13(17)11-7-4-3-6-10(11)12/h3-4,6-9,14H,2,5,18H2,1H3/t14-/m1/s1. The zero-order valence-electron chi connectivity index (χ0n) is 11.7. The second kappa shape index (κ2) is 5.61. The van der Waals surface area contributed by atoms with Crippen molar-refractivity contribution in [3.8, 4) is 11.4 Å². The van der Waals surface area contributed by atoms with Crippen LogP contribution in [0.25, 0.3) is 22.2 Å². The Bertz CT molecular complexity index is 769. The predicted molar refractivity (Wildman–Crippen MR) is 79.0 cm³/mol. The van der Waals surface area contributed by atoms with Gasteiger partial charge in [-0.1, -0.05) is 42.8 Å². The number of nitrogens with two attached hydrogens (primary N) is 1. The number of hydrogen-bond acceptors (Lipinski definition) is 4. The molecule has 3 aromatic rings. The summed E-state index contributed by atoms with van der Waals surface area (Å²) in [5, 5.41) is 5.28. The van der Waals surface area contributed by atoms with Crippen molar-refractivity contribution >= 4 is 10.8 Å². The number of aromatic nitrogens is 2. The summed E-state index contributed by atoms with van der Waals surface area (Å²) in [6.07, 6.45) is 1.73. The van der Waals surface area contributed by atoms with Gasteiger partial charge >= 0.3 is 0 Å². The monoisotopic (exact) mass is 285 g/mol. The lowest BCUT2D eigenvalue weighted by molar-refractivity contribution is 0.348. The maximum absolute atomic E-state index is 13.8. The number of benzene rings is 2. The molecular weight excluding hydrogens is 269 g/mol. The van der Waals surface area contributed by atoms with E-state index >= 15 is 0 Å². The molecule has 0 unspecified atom stereocenters. The van der Waals surface area contributed by atoms with Crippen molar-refractivity contribution in [3.63, 3.8) is 0 Å². The Morgan fingerprint density at radius 2 is 1.95 bits per heavy atom. The lowest BCUT2D eigenvalue weighted by atomic mass is 10.0. The van der Waals surface area contributed by atoms with Gasteiger partial charge in [0.1, 0.15) is 5.82 Å². The van der Waals surface area contributed by atoms with E-state index in [9.17, 15) is 4.39 Å². The van der Waals surface area contributed by atoms with Gasteiger partial charge < -0.3 is 10.3 Å². The minimum Gasteiger partial charge on any atom is -0.337 e. The van der Waals surface area contributed by atoms with Crippen molar-refractivity contribution in [1.82, 2.24) is 10.1 Å². The zero-order chi connectivity index (χ0) is 14.8. The van der Waals surface area contributed by atoms with Crippen molar-refractivity contribution in [3.05, 3.63) is 48.1 Å². The van der Waals surface area contributed by atoms with Gasteiger partial charge in [0, 0.05) is 10.9 Å². The number of halogens is 1. The van der Waals surface area contributed by atoms with Gasteiger partial charge in [-0.15, -0.1) is 0 Å². The van der Waals surface area contributed by atoms with Gasteiger partial charge in [-0.3, -0.25) is 0 Å². The molecule has 1 atom stereocenters. The molecule has 0 spiro atoms. The normalized spacial score (nSPS) is 12.7. The maximum atomic E-state index is 13.8. The van der Waals surface area contributed by atoms with Crippen LogP contribution in [0.4, 0.5) is 4.39 Å². The maximum Gasteiger partial charge on any atom is 0.243 e. The Kier molecular flexibility index (Phi) is 3.66. The second-order valence-electron chi connectivity index (χ2n) is 4.99. The lowest BCUT2D eigenvalue weighted by Gasteiger charge is -2.04. The number of fused-ring (bicyclic) bond motifs is 1. The van der Waals surface area contributed by atoms with E-state index < -0.39 is 0 Å². The first-order valence-electron chi connectivity index (χ1n) is 6.97. The molecule has 5 heteroatoms. The first-order chi connectivity index (χ1) is 10.2. The van der Waals surface area contributed by atoms with Crippen molar-refractivity contribution in [2.45, 2.75) is 25.8 Å². The molecular formula is C16H16FN3O. The highest BCUT2D eigenvalue weighted by molar-refractivity contribution is 5.95. The minimum absolute atomic E-state index is 0.261. The third kappa shape index (κ3) is 2.52. The van der Waals surface area contributed by atoms with Crippen LogP contribution in [-0.4, -0.2) is 10.1 Å². The molecule has 0 aliphatic rings. The lowest BCUT2D eigenvalue weighted by Crippen LogP contribution is -2.09. The Labute approximate surface area is 121 Å². The topological polar surface area (TPSA) is 64.9 Å². The van der Waals surface area contributed by atoms with Crippen LogP contribution in [0.3, 0.4) is 0 Å². The van der Waals surface area contributed by atoms with E-state index in [0.29, 0.717) is 17.1 Å². The van der Waals surface area contributed by atoms with E-state index in [1.54, 1.807) is 18.2 Å². The molecule has 0 saturated heterocycles. The van der Waals surface area contributed by atoms with Crippen LogP contribution in [0, 0.1) is 5.82 Å². The predicted octanol–water partition coefficient (Wildman–Crippen LogP) is 3.83. The quantitative estimate of drug-likeness (QED) is 0.791. The van der Waals surface area contributed by atoms with E-state index in [-0.39, 0.29) is 11.9 Å². The third-order valence-corrected chi connectivity index (χ3v) is 3.47. The van der Waals surface area contributed by atoms with Gasteiger partial charge in [-0.05, 0) is 23.9 Å². The highest BCUT2D eigenvalue weighted by Crippen LogP contribution is 2.29. The number of nitrogens with zero attached hydrogens (tertiary/aromatic N) is 2. The molecule has 1 aromatic heterocycles. The molecule has 0 saturated carbocycles. The van der Waals surface area contributed by atoms with Gasteiger partial charge in [0.05, 0.1) is 6.04 Å². The van der Waals surface area contributed by atoms with Crippen LogP contribution in [0.5, 0.6) is 0 Å². The molecule has 4 nitrogen and oxygen atoms in total. The first kappa shape index (κ1) is 13.7. The molecule has 2 N–H and O–H groups in total. The Hall–Kier alpha value is -2.27. The molecule has 2 aromatic carbocycles. The van der Waals surface area contributed by atoms with Crippen LogP contribution < -0.4 is 5.73 Å². The van der Waals surface area contributed by atoms with E-state index in [1.165, 1.54) is 6.07 Å². The van der Waals surface area contributed by atoms with Gasteiger partial charge in [0.15, 0.2) is 0 Å². The number of hydrogen-bond donors (Lipinski definition) is 1. The van der Waals surface area contributed by atoms with Crippen molar-refractivity contribution in [2.24, 2.45) is 5.73 Å². The minimum atomic E-state index is -0.263. The van der Waals surface area contributed by atoms with E-state index in [2.05, 4.69) is 10.1 Å². The molecule has 0 radical (unpaired) electrons. The highest BCUT2D eigenvalue weighted by Gasteiger charge is 2.17. The van der Waals surface area contributed by atoms with Crippen molar-refractivity contribution in [2.75, 3.05) is 0 Å². The molecule has 0 aliphatic heterocycles. The average Bonchev–Trinajstić information content (AvgIpc) is 2.98. The summed E-state index contributed by atoms with van der Waals surface area (Å²) in [6, 6.07) is 10.1. The largest absolute Gasteiger partial charge is 0.337 e.